The summed E-state index contributed by atoms with van der Waals surface area (Å²) in [7, 11) is 0. The maximum atomic E-state index is 13.3. The fraction of sp³-hybridized carbons (Fsp3) is 1.00. The van der Waals surface area contributed by atoms with Crippen LogP contribution >= 0.6 is 0 Å². The minimum atomic E-state index is -4.11. The Morgan fingerprint density at radius 1 is 0.176 bits per heavy atom. The molecule has 125 heavy (non-hydrogen) atoms. The smallest absolute Gasteiger partial charge is 0.171 e. The summed E-state index contributed by atoms with van der Waals surface area (Å²) in [5.74, 6) is -2.32. The van der Waals surface area contributed by atoms with Crippen molar-refractivity contribution in [1.82, 2.24) is 0 Å². The first-order valence-corrected chi connectivity index (χ1v) is 47.0. The van der Waals surface area contributed by atoms with Crippen LogP contribution in [-0.4, -0.2) is 55.6 Å². The summed E-state index contributed by atoms with van der Waals surface area (Å²) in [6, 6.07) is 0. The van der Waals surface area contributed by atoms with Gasteiger partial charge in [-0.1, -0.05) is 368 Å². The van der Waals surface area contributed by atoms with Crippen LogP contribution in [0.2, 0.25) is 0 Å². The van der Waals surface area contributed by atoms with Crippen molar-refractivity contribution < 1.29 is 119 Å². The highest BCUT2D eigenvalue weighted by atomic mass is 19.4. The predicted octanol–water partition coefficient (Wildman–Crippen LogP) is 42.0. The molecule has 768 valence electrons. The van der Waals surface area contributed by atoms with Crippen molar-refractivity contribution in [2.24, 2.45) is 131 Å². The van der Waals surface area contributed by atoms with Crippen LogP contribution in [0.25, 0.3) is 0 Å². The monoisotopic (exact) mass is 1880 g/mol. The number of alkyl halides is 27. The van der Waals surface area contributed by atoms with Gasteiger partial charge in [0.2, 0.25) is 0 Å². The Kier molecular flexibility index (Phi) is 64.4. The molecular formula is C98H187F27. The molecule has 0 radical (unpaired) electrons. The van der Waals surface area contributed by atoms with E-state index in [0.717, 1.165) is 0 Å². The molecule has 0 N–H and O–H groups in total. The van der Waals surface area contributed by atoms with Gasteiger partial charge in [0.1, 0.15) is 0 Å². The predicted molar refractivity (Wildman–Crippen MR) is 473 cm³/mol. The topological polar surface area (TPSA) is 0 Å². The van der Waals surface area contributed by atoms with Gasteiger partial charge in [-0.2, -0.15) is 119 Å². The van der Waals surface area contributed by atoms with Crippen molar-refractivity contribution in [1.29, 1.82) is 0 Å². The molecule has 0 saturated heterocycles. The van der Waals surface area contributed by atoms with Crippen molar-refractivity contribution in [3.8, 4) is 0 Å². The zero-order valence-electron chi connectivity index (χ0n) is 86.4. The maximum Gasteiger partial charge on any atom is 0.394 e. The van der Waals surface area contributed by atoms with E-state index in [2.05, 4.69) is 0 Å². The lowest BCUT2D eigenvalue weighted by Gasteiger charge is -2.47. The van der Waals surface area contributed by atoms with E-state index in [-0.39, 0.29) is 122 Å². The first-order valence-electron chi connectivity index (χ1n) is 47.0. The van der Waals surface area contributed by atoms with Gasteiger partial charge in [-0.25, -0.2) is 0 Å². The van der Waals surface area contributed by atoms with Crippen molar-refractivity contribution >= 4 is 0 Å². The third-order valence-electron chi connectivity index (χ3n) is 31.2. The Labute approximate surface area is 747 Å². The summed E-state index contributed by atoms with van der Waals surface area (Å²) in [6.07, 6.45) is -26.4. The summed E-state index contributed by atoms with van der Waals surface area (Å²) < 4.78 is 349. The summed E-state index contributed by atoms with van der Waals surface area (Å²) in [6.45, 7) is 72.8. The quantitative estimate of drug-likeness (QED) is 0.0544. The molecule has 0 aliphatic heterocycles. The highest BCUT2D eigenvalue weighted by molar-refractivity contribution is 4.99. The standard InChI is InChI=1S/C13H25F3.2C12H23F3.3C11H21F3.C10H19F3.2C9H17F3/c1-7-8-12(6,13(14,15)16)11(9(2)3)10(4)5;1-7-11(6,12(13,14)15)10(8(2)3)9(4)5;1-6-9-11(5,12(13,14)15)10(4,7-2)8-3;1-6-9(4,7-2)10(5,8-3)11(12,13)14;1-6-9(7-2)10(5,8(3)4)11(12,13)14;1-5-8-10(4,11(12,13)14)9(6-2)7-3;1-5-8(6-2)9(4,7-3)10(11,12)13;1-6(2)8(5,7(3)4)9(10,11)12;1-4-6-8(3,7-5-2)9(10,11)12/h9-11H,7-8H2,1-6H3;8-10H,7H2,1-6H3;6-9H2,1-5H3;6-8H2,1-5H3;8-9H,6-7H2,1-5H3;9H,5-8H2,1-4H3;8H,5-7H2,1-4H3;6-7H,1-5H3;4-7H2,1-3H3/t12-;2*11-;3*10-;9-;;/m0000000../s1. The van der Waals surface area contributed by atoms with Gasteiger partial charge in [0.25, 0.3) is 0 Å². The molecule has 0 heterocycles. The van der Waals surface area contributed by atoms with E-state index in [0.29, 0.717) is 96.3 Å². The first-order chi connectivity index (χ1) is 55.4. The second kappa shape index (κ2) is 57.1. The van der Waals surface area contributed by atoms with Crippen LogP contribution in [0.1, 0.15) is 445 Å². The Morgan fingerprint density at radius 3 is 0.512 bits per heavy atom. The summed E-state index contributed by atoms with van der Waals surface area (Å²) >= 11 is 0. The molecule has 0 nitrogen and oxygen atoms in total. The Hall–Kier alpha value is -1.89. The van der Waals surface area contributed by atoms with Gasteiger partial charge >= 0.3 is 55.6 Å². The first kappa shape index (κ1) is 141. The van der Waals surface area contributed by atoms with E-state index < -0.39 is 115 Å². The molecule has 0 aliphatic carbocycles. The van der Waals surface area contributed by atoms with Crippen LogP contribution in [0.4, 0.5) is 119 Å². The van der Waals surface area contributed by atoms with Crippen LogP contribution in [0.5, 0.6) is 0 Å². The zero-order chi connectivity index (χ0) is 103. The van der Waals surface area contributed by atoms with Gasteiger partial charge in [-0.15, -0.1) is 0 Å². The van der Waals surface area contributed by atoms with Crippen molar-refractivity contribution in [2.45, 2.75) is 501 Å². The molecule has 0 spiro atoms. The highest BCUT2D eigenvalue weighted by Crippen LogP contribution is 2.61. The number of hydrogen-bond donors (Lipinski definition) is 0. The summed E-state index contributed by atoms with van der Waals surface area (Å²) in [4.78, 5) is 0. The summed E-state index contributed by atoms with van der Waals surface area (Å²) in [5.41, 5.74) is -15.1. The highest BCUT2D eigenvalue weighted by Gasteiger charge is 2.63. The molecule has 0 aliphatic rings. The van der Waals surface area contributed by atoms with Gasteiger partial charge < -0.3 is 0 Å². The van der Waals surface area contributed by atoms with Crippen molar-refractivity contribution in [2.75, 3.05) is 0 Å². The van der Waals surface area contributed by atoms with Crippen molar-refractivity contribution in [3.05, 3.63) is 0 Å². The molecule has 0 bridgehead atoms. The van der Waals surface area contributed by atoms with Gasteiger partial charge in [-0.3, -0.25) is 0 Å². The molecule has 0 saturated carbocycles. The van der Waals surface area contributed by atoms with Crippen LogP contribution in [-0.2, 0) is 0 Å². The summed E-state index contributed by atoms with van der Waals surface area (Å²) in [5, 5.41) is 0. The molecule has 0 fully saturated rings. The molecule has 0 aromatic heterocycles. The van der Waals surface area contributed by atoms with Gasteiger partial charge in [0.05, 0.1) is 48.7 Å². The fourth-order valence-corrected chi connectivity index (χ4v) is 19.6. The molecule has 0 aromatic carbocycles. The van der Waals surface area contributed by atoms with E-state index in [4.69, 9.17) is 0 Å². The van der Waals surface area contributed by atoms with E-state index in [1.807, 2.05) is 145 Å². The third kappa shape index (κ3) is 38.4. The molecular weight excluding hydrogens is 1690 g/mol. The second-order valence-electron chi connectivity index (χ2n) is 40.3. The average Bonchev–Trinajstić information content (AvgIpc) is 0.766. The Balaban J connectivity index is -0.000000173. The van der Waals surface area contributed by atoms with Crippen LogP contribution in [0, 0.1) is 131 Å². The normalized spacial score (nSPS) is 16.8. The maximum absolute atomic E-state index is 13.3. The zero-order valence-corrected chi connectivity index (χ0v) is 86.4. The molecule has 0 unspecified atom stereocenters. The Bertz CT molecular complexity index is 2600. The number of rotatable bonds is 37. The van der Waals surface area contributed by atoms with Crippen LogP contribution in [0.15, 0.2) is 0 Å². The van der Waals surface area contributed by atoms with E-state index in [1.54, 1.807) is 90.0 Å². The molecule has 0 amide bonds. The van der Waals surface area contributed by atoms with E-state index in [9.17, 15) is 119 Å². The molecule has 0 aromatic rings. The van der Waals surface area contributed by atoms with Gasteiger partial charge in [-0.05, 0) is 159 Å². The lowest BCUT2D eigenvalue weighted by atomic mass is 9.60. The third-order valence-corrected chi connectivity index (χ3v) is 31.2. The minimum absolute atomic E-state index is 0.0524. The number of halogens is 27. The largest absolute Gasteiger partial charge is 0.394 e. The second-order valence-corrected chi connectivity index (χ2v) is 40.3. The Morgan fingerprint density at radius 2 is 0.392 bits per heavy atom. The van der Waals surface area contributed by atoms with Crippen molar-refractivity contribution in [3.63, 3.8) is 0 Å². The van der Waals surface area contributed by atoms with Crippen LogP contribution in [0.3, 0.4) is 0 Å². The van der Waals surface area contributed by atoms with E-state index >= 15 is 0 Å². The average molecular weight is 1880 g/mol. The molecule has 27 heteroatoms. The fourth-order valence-electron chi connectivity index (χ4n) is 19.6. The lowest BCUT2D eigenvalue weighted by molar-refractivity contribution is -0.261. The minimum Gasteiger partial charge on any atom is -0.171 e. The molecule has 7 atom stereocenters. The van der Waals surface area contributed by atoms with Gasteiger partial charge in [0.15, 0.2) is 0 Å². The molecule has 0 rings (SSSR count). The van der Waals surface area contributed by atoms with E-state index in [1.165, 1.54) is 62.3 Å². The number of hydrogen-bond acceptors (Lipinski definition) is 0. The van der Waals surface area contributed by atoms with Crippen LogP contribution < -0.4 is 0 Å². The van der Waals surface area contributed by atoms with Gasteiger partial charge in [0, 0.05) is 0 Å². The lowest BCUT2D eigenvalue weighted by Crippen LogP contribution is -2.48. The SMILES string of the molecule is CC(C)C(C)(C(C)C)C(F)(F)F.CCC(C)(CC)[C@](C)(CC)C(F)(F)F.CCC(CC)[C@](C)(C(C)C)C(F)(F)F.CCC(CC)[C@](C)(CC)C(F)(F)F.CCCC(C)(CCC)C(F)(F)F.CCC[C@@](C)(C(C(C)C)C(C)C)C(F)(F)F.CCC[C@@](C)(C(CC)CC)C(F)(F)F.CCC[C@](C)(C(F)(F)F)C(C)(CC)CC.CC[C@@](C)(C(C(C)C)C(C)C)C(F)(F)F.